The minimum atomic E-state index is -1.31. The molecule has 0 radical (unpaired) electrons. The number of hydrogen-bond donors (Lipinski definition) is 8. The number of piperidine rings is 2. The van der Waals surface area contributed by atoms with Gasteiger partial charge in [-0.2, -0.15) is 0 Å². The third-order valence-electron chi connectivity index (χ3n) is 11.5. The first-order valence-corrected chi connectivity index (χ1v) is 17.3. The molecule has 0 amide bonds. The molecule has 1 saturated carbocycles. The molecule has 0 spiro atoms. The molecule has 1 aromatic rings. The van der Waals surface area contributed by atoms with Crippen molar-refractivity contribution in [3.05, 3.63) is 35.4 Å². The van der Waals surface area contributed by atoms with Crippen LogP contribution in [-0.4, -0.2) is 80.6 Å². The Hall–Kier alpha value is -1.59. The van der Waals surface area contributed by atoms with Crippen LogP contribution in [0.3, 0.4) is 0 Å². The monoisotopic (exact) mass is 614 g/mol. The van der Waals surface area contributed by atoms with Gasteiger partial charge in [0.05, 0.1) is 30.4 Å². The van der Waals surface area contributed by atoms with E-state index in [1.165, 1.54) is 11.1 Å². The largest absolute Gasteiger partial charge is 0.481 e. The van der Waals surface area contributed by atoms with Crippen LogP contribution >= 0.6 is 0 Å². The highest BCUT2D eigenvalue weighted by Crippen LogP contribution is 2.42. The number of carboxylic acids is 1. The zero-order valence-electron chi connectivity index (χ0n) is 26.9. The minimum absolute atomic E-state index is 0.0407. The van der Waals surface area contributed by atoms with Crippen LogP contribution in [0.15, 0.2) is 24.3 Å². The molecule has 0 unspecified atom stereocenters. The number of nitrogens with one attached hydrogen (secondary N) is 3. The summed E-state index contributed by atoms with van der Waals surface area (Å²) in [5, 5.41) is 54.1. The predicted molar refractivity (Wildman–Crippen MR) is 172 cm³/mol. The number of aliphatic hydroxyl groups excluding tert-OH is 2. The van der Waals surface area contributed by atoms with E-state index in [9.17, 15) is 25.2 Å². The van der Waals surface area contributed by atoms with E-state index in [1.54, 1.807) is 0 Å². The van der Waals surface area contributed by atoms with Crippen molar-refractivity contribution in [1.29, 1.82) is 0 Å². The van der Waals surface area contributed by atoms with Crippen molar-refractivity contribution in [3.8, 4) is 0 Å². The van der Waals surface area contributed by atoms with Crippen molar-refractivity contribution in [1.82, 2.24) is 16.0 Å². The van der Waals surface area contributed by atoms with E-state index in [0.29, 0.717) is 18.8 Å². The van der Waals surface area contributed by atoms with Crippen LogP contribution in [0.2, 0.25) is 0 Å². The minimum Gasteiger partial charge on any atom is -0.481 e. The molecule has 2 saturated heterocycles. The Morgan fingerprint density at radius 1 is 0.977 bits per heavy atom. The lowest BCUT2D eigenvalue weighted by atomic mass is 9.65. The second-order valence-corrected chi connectivity index (χ2v) is 15.3. The number of fused-ring (bicyclic) bond motifs is 5. The first-order valence-electron chi connectivity index (χ1n) is 17.3. The van der Waals surface area contributed by atoms with Crippen LogP contribution in [0.4, 0.5) is 0 Å². The summed E-state index contributed by atoms with van der Waals surface area (Å²) < 4.78 is 0. The van der Waals surface area contributed by atoms with E-state index in [1.807, 2.05) is 6.92 Å². The van der Waals surface area contributed by atoms with Gasteiger partial charge in [0.2, 0.25) is 0 Å². The topological polar surface area (TPSA) is 160 Å². The van der Waals surface area contributed by atoms with E-state index in [-0.39, 0.29) is 60.7 Å². The molecule has 4 bridgehead atoms. The predicted octanol–water partition coefficient (Wildman–Crippen LogP) is 2.83. The average Bonchev–Trinajstić information content (AvgIpc) is 2.94. The van der Waals surface area contributed by atoms with Gasteiger partial charge in [-0.3, -0.25) is 10.1 Å². The number of aliphatic carboxylic acids is 1. The Kier molecular flexibility index (Phi) is 11.1. The molecule has 3 heterocycles. The van der Waals surface area contributed by atoms with Crippen molar-refractivity contribution < 1.29 is 25.2 Å². The van der Waals surface area contributed by atoms with Crippen LogP contribution < -0.4 is 21.7 Å². The summed E-state index contributed by atoms with van der Waals surface area (Å²) in [4.78, 5) is 11.7. The van der Waals surface area contributed by atoms with Crippen LogP contribution in [0.5, 0.6) is 0 Å². The maximum atomic E-state index is 12.0. The van der Waals surface area contributed by atoms with E-state index < -0.39 is 17.7 Å². The molecule has 44 heavy (non-hydrogen) atoms. The van der Waals surface area contributed by atoms with Gasteiger partial charge in [-0.25, -0.2) is 0 Å². The first-order chi connectivity index (χ1) is 20.9. The third kappa shape index (κ3) is 8.60. The SMILES string of the molecule is C[C@H]1N[C@H]([C@H]2CC[C@H]3CCCCC[C@@](O)(CC(=O)O)CN[C@]4(C)C[C@@H](Cc5cccc(c5)C[C@H]3[C@H]2O)N[C@@H](N)C4)CC[C@H]1O. The quantitative estimate of drug-likeness (QED) is 0.256. The van der Waals surface area contributed by atoms with Gasteiger partial charge >= 0.3 is 5.97 Å². The molecule has 1 aliphatic carbocycles. The fourth-order valence-corrected chi connectivity index (χ4v) is 9.13. The molecular formula is C35H58N4O5. The van der Waals surface area contributed by atoms with E-state index >= 15 is 0 Å². The molecule has 248 valence electrons. The van der Waals surface area contributed by atoms with Gasteiger partial charge in [0.1, 0.15) is 0 Å². The van der Waals surface area contributed by atoms with Crippen molar-refractivity contribution in [2.45, 2.75) is 151 Å². The van der Waals surface area contributed by atoms with Gasteiger partial charge in [-0.15, -0.1) is 0 Å². The van der Waals surface area contributed by atoms with Crippen LogP contribution in [-0.2, 0) is 17.6 Å². The van der Waals surface area contributed by atoms with Gasteiger partial charge < -0.3 is 36.8 Å². The molecule has 9 nitrogen and oxygen atoms in total. The zero-order valence-corrected chi connectivity index (χ0v) is 26.9. The lowest BCUT2D eigenvalue weighted by Crippen LogP contribution is -2.63. The standard InChI is InChI=1S/C35H58N4O5/c1-22-30(40)13-12-29(38-22)27-11-10-25-9-4-3-5-14-35(44,20-32(41)42)21-37-34(2)18-26(39-31(36)19-34)16-23-7-6-8-24(15-23)17-28(25)33(27)43/h6-8,15,22,25-31,33,37-40,43-44H,3-5,9-14,16-21,36H2,1-2H3,(H,41,42)/t22-,25-,26-,27-,28-,29+,30-,31-,33+,34-,35-/m1/s1. The number of β-amino-alcohol motifs (C(OH)–C–C–N with tert-alkyl or cyclic N) is 1. The van der Waals surface area contributed by atoms with Gasteiger partial charge in [-0.05, 0) is 94.6 Å². The number of carboxylic acid groups (broad SMARTS) is 1. The van der Waals surface area contributed by atoms with Crippen molar-refractivity contribution in [2.24, 2.45) is 23.5 Å². The summed E-state index contributed by atoms with van der Waals surface area (Å²) in [6, 6.07) is 9.25. The van der Waals surface area contributed by atoms with Gasteiger partial charge in [-0.1, -0.05) is 49.9 Å². The highest BCUT2D eigenvalue weighted by atomic mass is 16.4. The first kappa shape index (κ1) is 33.8. The molecule has 3 fully saturated rings. The van der Waals surface area contributed by atoms with E-state index in [0.717, 1.165) is 70.6 Å². The van der Waals surface area contributed by atoms with Crippen LogP contribution in [0, 0.1) is 17.8 Å². The fourth-order valence-electron chi connectivity index (χ4n) is 9.13. The molecule has 11 atom stereocenters. The molecule has 1 aromatic carbocycles. The summed E-state index contributed by atoms with van der Waals surface area (Å²) >= 11 is 0. The summed E-state index contributed by atoms with van der Waals surface area (Å²) in [6.45, 7) is 4.41. The van der Waals surface area contributed by atoms with Crippen LogP contribution in [0.25, 0.3) is 0 Å². The highest BCUT2D eigenvalue weighted by molar-refractivity contribution is 5.68. The average molecular weight is 615 g/mol. The number of rotatable bonds is 3. The number of nitrogens with two attached hydrogens (primary N) is 1. The molecule has 9 heteroatoms. The Bertz CT molecular complexity index is 1110. The Labute approximate surface area is 263 Å². The number of aliphatic hydroxyl groups is 3. The molecule has 3 aliphatic heterocycles. The lowest BCUT2D eigenvalue weighted by molar-refractivity contribution is -0.143. The third-order valence-corrected chi connectivity index (χ3v) is 11.5. The maximum absolute atomic E-state index is 12.0. The number of carbonyl (C=O) groups is 1. The second kappa shape index (κ2) is 14.4. The maximum Gasteiger partial charge on any atom is 0.306 e. The summed E-state index contributed by atoms with van der Waals surface area (Å²) in [7, 11) is 0. The molecular weight excluding hydrogens is 556 g/mol. The summed E-state index contributed by atoms with van der Waals surface area (Å²) in [6.07, 6.45) is 9.87. The van der Waals surface area contributed by atoms with Gasteiger partial charge in [0, 0.05) is 36.1 Å². The summed E-state index contributed by atoms with van der Waals surface area (Å²) in [5.41, 5.74) is 7.37. The lowest BCUT2D eigenvalue weighted by Gasteiger charge is -2.46. The Morgan fingerprint density at radius 3 is 2.50 bits per heavy atom. The highest BCUT2D eigenvalue weighted by Gasteiger charge is 2.43. The van der Waals surface area contributed by atoms with Gasteiger partial charge in [0.25, 0.3) is 0 Å². The molecule has 9 N–H and O–H groups in total. The smallest absolute Gasteiger partial charge is 0.306 e. The Morgan fingerprint density at radius 2 is 1.75 bits per heavy atom. The second-order valence-electron chi connectivity index (χ2n) is 15.3. The molecule has 4 aliphatic rings. The molecule has 5 rings (SSSR count). The van der Waals surface area contributed by atoms with Gasteiger partial charge in [0.15, 0.2) is 0 Å². The van der Waals surface area contributed by atoms with E-state index in [2.05, 4.69) is 47.1 Å². The van der Waals surface area contributed by atoms with Crippen molar-refractivity contribution in [3.63, 3.8) is 0 Å². The Balaban J connectivity index is 1.38. The number of hydrogen-bond acceptors (Lipinski definition) is 8. The van der Waals surface area contributed by atoms with Crippen LogP contribution in [0.1, 0.15) is 102 Å². The number of benzene rings is 1. The summed E-state index contributed by atoms with van der Waals surface area (Å²) in [5.74, 6) is -0.235. The van der Waals surface area contributed by atoms with Crippen molar-refractivity contribution >= 4 is 5.97 Å². The normalized spacial score (nSPS) is 42.8. The van der Waals surface area contributed by atoms with Crippen molar-refractivity contribution in [2.75, 3.05) is 6.54 Å². The fraction of sp³-hybridized carbons (Fsp3) is 0.800. The van der Waals surface area contributed by atoms with E-state index in [4.69, 9.17) is 5.73 Å². The molecule has 0 aromatic heterocycles. The zero-order chi connectivity index (χ0) is 31.5.